The van der Waals surface area contributed by atoms with Crippen molar-refractivity contribution in [2.24, 2.45) is 0 Å². The topological polar surface area (TPSA) is 56.0 Å². The van der Waals surface area contributed by atoms with Crippen molar-refractivity contribution in [1.29, 1.82) is 0 Å². The van der Waals surface area contributed by atoms with E-state index in [9.17, 15) is 4.79 Å². The van der Waals surface area contributed by atoms with Gasteiger partial charge in [0.15, 0.2) is 5.82 Å². The van der Waals surface area contributed by atoms with E-state index in [2.05, 4.69) is 21.7 Å². The summed E-state index contributed by atoms with van der Waals surface area (Å²) in [6.45, 7) is 6.04. The Hall–Kier alpha value is -2.89. The van der Waals surface area contributed by atoms with E-state index in [1.165, 1.54) is 0 Å². The molecule has 25 heavy (non-hydrogen) atoms. The Labute approximate surface area is 146 Å². The molecule has 3 aromatic rings. The van der Waals surface area contributed by atoms with Crippen molar-refractivity contribution in [2.45, 2.75) is 33.4 Å². The second-order valence-corrected chi connectivity index (χ2v) is 6.33. The number of carbonyl (C=O) groups is 1. The molecule has 0 N–H and O–H groups in total. The van der Waals surface area contributed by atoms with Crippen LogP contribution in [0.25, 0.3) is 5.69 Å². The van der Waals surface area contributed by atoms with Gasteiger partial charge < -0.3 is 14.0 Å². The highest BCUT2D eigenvalue weighted by molar-refractivity contribution is 5.98. The lowest BCUT2D eigenvalue weighted by molar-refractivity contribution is 0.0706. The highest BCUT2D eigenvalue weighted by atomic mass is 16.2. The molecule has 0 spiro atoms. The molecule has 0 atom stereocenters. The zero-order valence-electron chi connectivity index (χ0n) is 14.5. The number of nitrogens with zero attached hydrogens (tertiary/aromatic N) is 5. The van der Waals surface area contributed by atoms with Gasteiger partial charge in [-0.2, -0.15) is 0 Å². The molecule has 0 bridgehead atoms. The van der Waals surface area contributed by atoms with Crippen LogP contribution in [0.4, 0.5) is 0 Å². The third-order valence-electron chi connectivity index (χ3n) is 4.76. The van der Waals surface area contributed by atoms with Crippen LogP contribution in [-0.4, -0.2) is 36.7 Å². The maximum atomic E-state index is 13.2. The van der Waals surface area contributed by atoms with Gasteiger partial charge in [0.2, 0.25) is 0 Å². The van der Waals surface area contributed by atoms with Gasteiger partial charge in [-0.15, -0.1) is 10.2 Å². The van der Waals surface area contributed by atoms with Crippen LogP contribution in [-0.2, 0) is 19.5 Å². The lowest BCUT2D eigenvalue weighted by atomic mass is 10.1. The first-order valence-corrected chi connectivity index (χ1v) is 8.62. The largest absolute Gasteiger partial charge is 0.329 e. The molecule has 0 radical (unpaired) electrons. The van der Waals surface area contributed by atoms with Crippen LogP contribution < -0.4 is 0 Å². The predicted molar refractivity (Wildman–Crippen MR) is 94.6 cm³/mol. The van der Waals surface area contributed by atoms with Crippen LogP contribution in [0.5, 0.6) is 0 Å². The third kappa shape index (κ3) is 2.63. The summed E-state index contributed by atoms with van der Waals surface area (Å²) in [5, 5.41) is 8.48. The van der Waals surface area contributed by atoms with Crippen LogP contribution in [0.2, 0.25) is 0 Å². The Morgan fingerprint density at radius 2 is 1.92 bits per heavy atom. The molecular formula is C19H21N5O. The number of hydrogen-bond acceptors (Lipinski definition) is 3. The standard InChI is InChI=1S/C19H21N5O/c1-3-16-20-21-17-13-23(11-12-24(16)17)19(25)15-8-6-7-14(2)18(15)22-9-4-5-10-22/h4-10H,3,11-13H2,1-2H3. The quantitative estimate of drug-likeness (QED) is 0.739. The average molecular weight is 335 g/mol. The van der Waals surface area contributed by atoms with Gasteiger partial charge in [-0.25, -0.2) is 0 Å². The molecule has 0 aliphatic carbocycles. The van der Waals surface area contributed by atoms with E-state index in [-0.39, 0.29) is 5.91 Å². The minimum Gasteiger partial charge on any atom is -0.329 e. The van der Waals surface area contributed by atoms with Crippen molar-refractivity contribution in [1.82, 2.24) is 24.2 Å². The zero-order valence-corrected chi connectivity index (χ0v) is 14.5. The molecule has 1 aromatic carbocycles. The summed E-state index contributed by atoms with van der Waals surface area (Å²) >= 11 is 0. The molecule has 0 unspecified atom stereocenters. The number of hydrogen-bond donors (Lipinski definition) is 0. The smallest absolute Gasteiger partial charge is 0.256 e. The van der Waals surface area contributed by atoms with Crippen molar-refractivity contribution in [3.8, 4) is 5.69 Å². The van der Waals surface area contributed by atoms with E-state index in [1.54, 1.807) is 0 Å². The summed E-state index contributed by atoms with van der Waals surface area (Å²) in [4.78, 5) is 15.1. The number of aromatic nitrogens is 4. The second kappa shape index (κ2) is 6.20. The lowest BCUT2D eigenvalue weighted by Gasteiger charge is -2.29. The summed E-state index contributed by atoms with van der Waals surface area (Å²) in [7, 11) is 0. The van der Waals surface area contributed by atoms with E-state index in [4.69, 9.17) is 0 Å². The van der Waals surface area contributed by atoms with Crippen molar-refractivity contribution >= 4 is 5.91 Å². The number of rotatable bonds is 3. The Morgan fingerprint density at radius 3 is 2.68 bits per heavy atom. The van der Waals surface area contributed by atoms with E-state index in [0.717, 1.165) is 41.4 Å². The monoisotopic (exact) mass is 335 g/mol. The number of para-hydroxylation sites is 1. The fourth-order valence-electron chi connectivity index (χ4n) is 3.48. The molecule has 6 heteroatoms. The predicted octanol–water partition coefficient (Wildman–Crippen LogP) is 2.60. The van der Waals surface area contributed by atoms with Crippen LogP contribution in [0, 0.1) is 6.92 Å². The summed E-state index contributed by atoms with van der Waals surface area (Å²) in [6.07, 6.45) is 4.80. The molecule has 2 aromatic heterocycles. The number of amides is 1. The first-order valence-electron chi connectivity index (χ1n) is 8.62. The van der Waals surface area contributed by atoms with Crippen molar-refractivity contribution in [2.75, 3.05) is 6.54 Å². The Morgan fingerprint density at radius 1 is 1.12 bits per heavy atom. The number of fused-ring (bicyclic) bond motifs is 1. The van der Waals surface area contributed by atoms with E-state index >= 15 is 0 Å². The van der Waals surface area contributed by atoms with Gasteiger partial charge in [-0.05, 0) is 30.7 Å². The highest BCUT2D eigenvalue weighted by Crippen LogP contribution is 2.23. The van der Waals surface area contributed by atoms with Crippen LogP contribution in [0.1, 0.15) is 34.5 Å². The normalized spacial score (nSPS) is 13.8. The van der Waals surface area contributed by atoms with Gasteiger partial charge in [0, 0.05) is 31.9 Å². The summed E-state index contributed by atoms with van der Waals surface area (Å²) in [5.41, 5.74) is 2.74. The minimum atomic E-state index is 0.0414. The van der Waals surface area contributed by atoms with E-state index in [0.29, 0.717) is 13.1 Å². The summed E-state index contributed by atoms with van der Waals surface area (Å²) < 4.78 is 4.14. The first-order chi connectivity index (χ1) is 12.2. The van der Waals surface area contributed by atoms with Gasteiger partial charge in [0.25, 0.3) is 5.91 Å². The van der Waals surface area contributed by atoms with Gasteiger partial charge in [-0.3, -0.25) is 4.79 Å². The summed E-state index contributed by atoms with van der Waals surface area (Å²) in [6, 6.07) is 9.82. The average Bonchev–Trinajstić information content (AvgIpc) is 3.29. The van der Waals surface area contributed by atoms with Crippen molar-refractivity contribution in [3.63, 3.8) is 0 Å². The minimum absolute atomic E-state index is 0.0414. The fourth-order valence-corrected chi connectivity index (χ4v) is 3.48. The molecule has 3 heterocycles. The molecule has 0 fully saturated rings. The number of carbonyl (C=O) groups excluding carboxylic acids is 1. The SMILES string of the molecule is CCc1nnc2n1CCN(C(=O)c1cccc(C)c1-n1cccc1)C2. The molecule has 4 rings (SSSR count). The molecule has 1 amide bonds. The first kappa shape index (κ1) is 15.6. The van der Waals surface area contributed by atoms with Gasteiger partial charge in [0.1, 0.15) is 5.82 Å². The Bertz CT molecular complexity index is 910. The van der Waals surface area contributed by atoms with Crippen LogP contribution >= 0.6 is 0 Å². The summed E-state index contributed by atoms with van der Waals surface area (Å²) in [5.74, 6) is 1.90. The zero-order chi connectivity index (χ0) is 17.4. The molecule has 0 saturated carbocycles. The van der Waals surface area contributed by atoms with Gasteiger partial charge >= 0.3 is 0 Å². The van der Waals surface area contributed by atoms with Crippen molar-refractivity contribution in [3.05, 3.63) is 65.5 Å². The van der Waals surface area contributed by atoms with Crippen LogP contribution in [0.3, 0.4) is 0 Å². The third-order valence-corrected chi connectivity index (χ3v) is 4.76. The Kier molecular flexibility index (Phi) is 3.87. The number of benzene rings is 1. The van der Waals surface area contributed by atoms with Gasteiger partial charge in [0.05, 0.1) is 17.8 Å². The molecule has 6 nitrogen and oxygen atoms in total. The fraction of sp³-hybridized carbons (Fsp3) is 0.316. The lowest BCUT2D eigenvalue weighted by Crippen LogP contribution is -2.39. The molecule has 1 aliphatic heterocycles. The second-order valence-electron chi connectivity index (χ2n) is 6.33. The van der Waals surface area contributed by atoms with E-state index < -0.39 is 0 Å². The van der Waals surface area contributed by atoms with Gasteiger partial charge in [-0.1, -0.05) is 19.1 Å². The molecule has 1 aliphatic rings. The van der Waals surface area contributed by atoms with Crippen molar-refractivity contribution < 1.29 is 4.79 Å². The highest BCUT2D eigenvalue weighted by Gasteiger charge is 2.26. The molecular weight excluding hydrogens is 314 g/mol. The Balaban J connectivity index is 1.68. The maximum absolute atomic E-state index is 13.2. The molecule has 0 saturated heterocycles. The maximum Gasteiger partial charge on any atom is 0.256 e. The van der Waals surface area contributed by atoms with Crippen LogP contribution in [0.15, 0.2) is 42.7 Å². The van der Waals surface area contributed by atoms with E-state index in [1.807, 2.05) is 59.1 Å². The number of aryl methyl sites for hydroxylation is 2. The molecule has 128 valence electrons.